The van der Waals surface area contributed by atoms with Gasteiger partial charge in [0.15, 0.2) is 0 Å². The molecule has 4 nitrogen and oxygen atoms in total. The van der Waals surface area contributed by atoms with E-state index in [1.54, 1.807) is 11.8 Å². The summed E-state index contributed by atoms with van der Waals surface area (Å²) in [6.07, 6.45) is 2.28. The summed E-state index contributed by atoms with van der Waals surface area (Å²) >= 11 is 0. The number of rotatable bonds is 3. The van der Waals surface area contributed by atoms with Crippen molar-refractivity contribution >= 4 is 11.9 Å². The monoisotopic (exact) mass is 287 g/mol. The van der Waals surface area contributed by atoms with E-state index < -0.39 is 16.8 Å². The first kappa shape index (κ1) is 14.1. The van der Waals surface area contributed by atoms with Crippen molar-refractivity contribution in [2.75, 3.05) is 13.1 Å². The fraction of sp³-hybridized carbons (Fsp3) is 0.529. The van der Waals surface area contributed by atoms with Gasteiger partial charge in [-0.3, -0.25) is 9.59 Å². The lowest BCUT2D eigenvalue weighted by atomic mass is 9.90. The molecule has 1 aliphatic carbocycles. The van der Waals surface area contributed by atoms with E-state index >= 15 is 0 Å². The molecule has 1 heterocycles. The van der Waals surface area contributed by atoms with Crippen LogP contribution in [0.4, 0.5) is 0 Å². The van der Waals surface area contributed by atoms with Gasteiger partial charge in [0.25, 0.3) is 0 Å². The van der Waals surface area contributed by atoms with Gasteiger partial charge in [-0.05, 0) is 38.7 Å². The second-order valence-corrected chi connectivity index (χ2v) is 6.79. The molecule has 2 fully saturated rings. The predicted molar refractivity (Wildman–Crippen MR) is 79.0 cm³/mol. The quantitative estimate of drug-likeness (QED) is 0.928. The summed E-state index contributed by atoms with van der Waals surface area (Å²) in [6.45, 7) is 4.64. The van der Waals surface area contributed by atoms with Crippen molar-refractivity contribution in [2.24, 2.45) is 5.41 Å². The predicted octanol–water partition coefficient (Wildman–Crippen LogP) is 2.35. The molecule has 1 unspecified atom stereocenters. The van der Waals surface area contributed by atoms with E-state index in [2.05, 4.69) is 6.07 Å². The molecule has 4 heteroatoms. The smallest absolute Gasteiger partial charge is 0.311 e. The summed E-state index contributed by atoms with van der Waals surface area (Å²) < 4.78 is 0. The lowest BCUT2D eigenvalue weighted by Gasteiger charge is -2.25. The molecule has 1 aliphatic heterocycles. The van der Waals surface area contributed by atoms with Gasteiger partial charge in [0.05, 0.1) is 10.8 Å². The molecule has 2 aliphatic rings. The van der Waals surface area contributed by atoms with E-state index in [1.807, 2.05) is 25.1 Å². The average Bonchev–Trinajstić information content (AvgIpc) is 3.15. The second kappa shape index (κ2) is 4.58. The Morgan fingerprint density at radius 3 is 2.48 bits per heavy atom. The number of likely N-dealkylation sites (tertiary alicyclic amines) is 1. The zero-order chi connectivity index (χ0) is 15.3. The highest BCUT2D eigenvalue weighted by Gasteiger charge is 2.55. The molecular weight excluding hydrogens is 266 g/mol. The van der Waals surface area contributed by atoms with E-state index in [0.717, 1.165) is 24.0 Å². The molecule has 1 saturated heterocycles. The van der Waals surface area contributed by atoms with Crippen molar-refractivity contribution in [3.05, 3.63) is 35.4 Å². The van der Waals surface area contributed by atoms with Crippen LogP contribution in [0.1, 0.15) is 37.3 Å². The number of carboxylic acid groups (broad SMARTS) is 1. The Bertz CT molecular complexity index is 606. The highest BCUT2D eigenvalue weighted by molar-refractivity contribution is 5.92. The van der Waals surface area contributed by atoms with Gasteiger partial charge in [-0.15, -0.1) is 0 Å². The number of hydrogen-bond acceptors (Lipinski definition) is 2. The van der Waals surface area contributed by atoms with Crippen LogP contribution in [0.2, 0.25) is 0 Å². The second-order valence-electron chi connectivity index (χ2n) is 6.79. The van der Waals surface area contributed by atoms with Gasteiger partial charge < -0.3 is 10.0 Å². The average molecular weight is 287 g/mol. The first-order chi connectivity index (χ1) is 9.87. The van der Waals surface area contributed by atoms with Crippen LogP contribution in [0.5, 0.6) is 0 Å². The minimum Gasteiger partial charge on any atom is -0.481 e. The van der Waals surface area contributed by atoms with E-state index in [0.29, 0.717) is 19.5 Å². The highest BCUT2D eigenvalue weighted by atomic mass is 16.4. The lowest BCUT2D eigenvalue weighted by Crippen LogP contribution is -2.40. The van der Waals surface area contributed by atoms with Crippen LogP contribution in [-0.4, -0.2) is 35.0 Å². The van der Waals surface area contributed by atoms with Gasteiger partial charge in [0.2, 0.25) is 5.91 Å². The number of hydrogen-bond donors (Lipinski definition) is 1. The number of carbonyl (C=O) groups is 2. The molecule has 1 aromatic rings. The summed E-state index contributed by atoms with van der Waals surface area (Å²) in [4.78, 5) is 26.0. The molecule has 1 atom stereocenters. The maximum atomic E-state index is 12.9. The topological polar surface area (TPSA) is 57.6 Å². The summed E-state index contributed by atoms with van der Waals surface area (Å²) in [5.41, 5.74) is 1.05. The van der Waals surface area contributed by atoms with E-state index in [9.17, 15) is 14.7 Å². The minimum atomic E-state index is -0.807. The van der Waals surface area contributed by atoms with Gasteiger partial charge >= 0.3 is 5.97 Å². The minimum absolute atomic E-state index is 0.109. The van der Waals surface area contributed by atoms with Crippen LogP contribution in [0.15, 0.2) is 24.3 Å². The van der Waals surface area contributed by atoms with Gasteiger partial charge in [0, 0.05) is 13.1 Å². The largest absolute Gasteiger partial charge is 0.481 e. The Balaban J connectivity index is 1.82. The van der Waals surface area contributed by atoms with Crippen molar-refractivity contribution in [3.8, 4) is 0 Å². The Morgan fingerprint density at radius 2 is 1.95 bits per heavy atom. The normalized spacial score (nSPS) is 26.7. The third-order valence-corrected chi connectivity index (χ3v) is 5.01. The number of aryl methyl sites for hydroxylation is 1. The van der Waals surface area contributed by atoms with Gasteiger partial charge in [0.1, 0.15) is 0 Å². The molecule has 1 amide bonds. The van der Waals surface area contributed by atoms with Gasteiger partial charge in [-0.2, -0.15) is 0 Å². The van der Waals surface area contributed by atoms with Crippen LogP contribution in [-0.2, 0) is 15.0 Å². The van der Waals surface area contributed by atoms with Crippen LogP contribution >= 0.6 is 0 Å². The standard InChI is InChI=1S/C17H21NO3/c1-12-4-3-5-13(10-12)17(6-7-17)14(19)18-9-8-16(2,11-18)15(20)21/h3-5,10H,6-9,11H2,1-2H3,(H,20,21). The van der Waals surface area contributed by atoms with Gasteiger partial charge in [-0.25, -0.2) is 0 Å². The molecule has 1 aromatic carbocycles. The summed E-state index contributed by atoms with van der Waals surface area (Å²) in [6, 6.07) is 8.12. The number of carbonyl (C=O) groups excluding carboxylic acids is 1. The molecule has 1 saturated carbocycles. The SMILES string of the molecule is Cc1cccc(C2(C(=O)N3CCC(C)(C(=O)O)C3)CC2)c1. The summed E-state index contributed by atoms with van der Waals surface area (Å²) in [5.74, 6) is -0.698. The number of carboxylic acids is 1. The van der Waals surface area contributed by atoms with E-state index in [-0.39, 0.29) is 5.91 Å². The fourth-order valence-electron chi connectivity index (χ4n) is 3.31. The summed E-state index contributed by atoms with van der Waals surface area (Å²) in [7, 11) is 0. The number of amides is 1. The maximum Gasteiger partial charge on any atom is 0.311 e. The van der Waals surface area contributed by atoms with Crippen molar-refractivity contribution in [2.45, 2.75) is 38.5 Å². The molecule has 0 bridgehead atoms. The molecule has 3 rings (SSSR count). The number of benzene rings is 1. The van der Waals surface area contributed by atoms with Gasteiger partial charge in [-0.1, -0.05) is 29.8 Å². The van der Waals surface area contributed by atoms with E-state index in [4.69, 9.17) is 0 Å². The number of nitrogens with zero attached hydrogens (tertiary/aromatic N) is 1. The molecule has 0 aromatic heterocycles. The third-order valence-electron chi connectivity index (χ3n) is 5.01. The number of aliphatic carboxylic acids is 1. The Morgan fingerprint density at radius 1 is 1.24 bits per heavy atom. The van der Waals surface area contributed by atoms with E-state index in [1.165, 1.54) is 0 Å². The molecule has 21 heavy (non-hydrogen) atoms. The van der Waals surface area contributed by atoms with Crippen LogP contribution in [0, 0.1) is 12.3 Å². The van der Waals surface area contributed by atoms with Crippen LogP contribution < -0.4 is 0 Å². The maximum absolute atomic E-state index is 12.9. The third kappa shape index (κ3) is 2.23. The Kier molecular flexibility index (Phi) is 3.08. The molecule has 0 spiro atoms. The highest BCUT2D eigenvalue weighted by Crippen LogP contribution is 2.50. The van der Waals surface area contributed by atoms with Crippen molar-refractivity contribution < 1.29 is 14.7 Å². The zero-order valence-corrected chi connectivity index (χ0v) is 12.6. The molecule has 112 valence electrons. The first-order valence-corrected chi connectivity index (χ1v) is 7.47. The molecule has 1 N–H and O–H groups in total. The Labute approximate surface area is 124 Å². The van der Waals surface area contributed by atoms with Crippen LogP contribution in [0.3, 0.4) is 0 Å². The Hall–Kier alpha value is -1.84. The first-order valence-electron chi connectivity index (χ1n) is 7.47. The summed E-state index contributed by atoms with van der Waals surface area (Å²) in [5, 5.41) is 9.31. The zero-order valence-electron chi connectivity index (χ0n) is 12.6. The van der Waals surface area contributed by atoms with Crippen molar-refractivity contribution in [1.82, 2.24) is 4.90 Å². The lowest BCUT2D eigenvalue weighted by molar-refractivity contribution is -0.147. The van der Waals surface area contributed by atoms with Crippen molar-refractivity contribution in [3.63, 3.8) is 0 Å². The van der Waals surface area contributed by atoms with Crippen LogP contribution in [0.25, 0.3) is 0 Å². The molecule has 0 radical (unpaired) electrons. The molecular formula is C17H21NO3. The van der Waals surface area contributed by atoms with Crippen molar-refractivity contribution in [1.29, 1.82) is 0 Å². The fourth-order valence-corrected chi connectivity index (χ4v) is 3.31.